The van der Waals surface area contributed by atoms with Crippen molar-refractivity contribution in [2.75, 3.05) is 5.73 Å². The fourth-order valence-corrected chi connectivity index (χ4v) is 2.85. The average molecular weight is 311 g/mol. The quantitative estimate of drug-likeness (QED) is 0.662. The van der Waals surface area contributed by atoms with Crippen molar-refractivity contribution >= 4 is 28.1 Å². The monoisotopic (exact) mass is 311 g/mol. The fraction of sp³-hybridized carbons (Fsp3) is 0.500. The molecule has 2 N–H and O–H groups in total. The van der Waals surface area contributed by atoms with Crippen molar-refractivity contribution in [1.82, 2.24) is 4.98 Å². The highest BCUT2D eigenvalue weighted by molar-refractivity contribution is 5.93. The first-order chi connectivity index (χ1) is 11.1. The number of nitrogens with two attached hydrogens (primary N) is 1. The number of hydrogen-bond acceptors (Lipinski definition) is 3. The number of fused-ring (bicyclic) bond motifs is 1. The lowest BCUT2D eigenvalue weighted by atomic mass is 10.0. The van der Waals surface area contributed by atoms with Crippen LogP contribution in [0.5, 0.6) is 0 Å². The van der Waals surface area contributed by atoms with E-state index in [4.69, 9.17) is 10.7 Å². The number of unbranched alkanes of at least 4 members (excludes halogenated alkanes) is 2. The first-order valence-corrected chi connectivity index (χ1v) is 8.79. The Morgan fingerprint density at radius 3 is 2.61 bits per heavy atom. The van der Waals surface area contributed by atoms with E-state index in [9.17, 15) is 0 Å². The van der Waals surface area contributed by atoms with Crippen LogP contribution in [-0.2, 0) is 6.42 Å². The van der Waals surface area contributed by atoms with Crippen LogP contribution < -0.4 is 5.73 Å². The van der Waals surface area contributed by atoms with Crippen LogP contribution >= 0.6 is 0 Å². The standard InChI is InChI=1S/C20H29N3/c1-5-7-9-14(3)22-19-15(4)17-12-11-16(10-8-6-2)13-18(17)23-20(19)21/h11-13H,5-10H2,1-4H3,(H2,21,23). The molecule has 0 atom stereocenters. The number of benzene rings is 1. The Labute approximate surface area is 140 Å². The van der Waals surface area contributed by atoms with Crippen molar-refractivity contribution in [3.63, 3.8) is 0 Å². The maximum atomic E-state index is 6.20. The summed E-state index contributed by atoms with van der Waals surface area (Å²) in [5.41, 5.74) is 11.6. The van der Waals surface area contributed by atoms with Crippen molar-refractivity contribution < 1.29 is 0 Å². The number of nitrogens with zero attached hydrogens (tertiary/aromatic N) is 2. The van der Waals surface area contributed by atoms with Crippen LogP contribution in [0.15, 0.2) is 23.2 Å². The molecule has 0 bridgehead atoms. The molecule has 1 aromatic heterocycles. The van der Waals surface area contributed by atoms with Crippen LogP contribution in [0.2, 0.25) is 0 Å². The summed E-state index contributed by atoms with van der Waals surface area (Å²) in [5, 5.41) is 1.15. The molecule has 0 saturated heterocycles. The lowest BCUT2D eigenvalue weighted by Gasteiger charge is -2.11. The number of hydrogen-bond donors (Lipinski definition) is 1. The Morgan fingerprint density at radius 1 is 1.17 bits per heavy atom. The van der Waals surface area contributed by atoms with Crippen LogP contribution in [0.4, 0.5) is 11.5 Å². The zero-order valence-electron chi connectivity index (χ0n) is 14.9. The lowest BCUT2D eigenvalue weighted by molar-refractivity contribution is 0.796. The van der Waals surface area contributed by atoms with Gasteiger partial charge in [-0.15, -0.1) is 0 Å². The van der Waals surface area contributed by atoms with Gasteiger partial charge in [-0.25, -0.2) is 4.98 Å². The molecular weight excluding hydrogens is 282 g/mol. The van der Waals surface area contributed by atoms with Gasteiger partial charge in [0.1, 0.15) is 11.5 Å². The Bertz CT molecular complexity index is 702. The molecule has 1 aromatic carbocycles. The number of aromatic nitrogens is 1. The molecule has 0 spiro atoms. The van der Waals surface area contributed by atoms with Gasteiger partial charge in [-0.2, -0.15) is 0 Å². The van der Waals surface area contributed by atoms with Crippen LogP contribution in [-0.4, -0.2) is 10.7 Å². The van der Waals surface area contributed by atoms with Gasteiger partial charge in [0.25, 0.3) is 0 Å². The van der Waals surface area contributed by atoms with E-state index < -0.39 is 0 Å². The highest BCUT2D eigenvalue weighted by Gasteiger charge is 2.10. The average Bonchev–Trinajstić information content (AvgIpc) is 2.54. The Hall–Kier alpha value is -1.90. The molecule has 2 aromatic rings. The van der Waals surface area contributed by atoms with Gasteiger partial charge in [-0.05, 0) is 56.7 Å². The van der Waals surface area contributed by atoms with Gasteiger partial charge < -0.3 is 5.73 Å². The molecule has 0 unspecified atom stereocenters. The lowest BCUT2D eigenvalue weighted by Crippen LogP contribution is -1.98. The number of anilines is 1. The van der Waals surface area contributed by atoms with Crippen molar-refractivity contribution in [2.24, 2.45) is 4.99 Å². The first kappa shape index (κ1) is 17.5. The second-order valence-electron chi connectivity index (χ2n) is 6.38. The summed E-state index contributed by atoms with van der Waals surface area (Å²) >= 11 is 0. The number of rotatable bonds is 7. The maximum Gasteiger partial charge on any atom is 0.150 e. The summed E-state index contributed by atoms with van der Waals surface area (Å²) in [6.07, 6.45) is 6.87. The summed E-state index contributed by atoms with van der Waals surface area (Å²) in [7, 11) is 0. The second kappa shape index (κ2) is 8.09. The van der Waals surface area contributed by atoms with E-state index in [1.807, 2.05) is 0 Å². The molecule has 124 valence electrons. The SMILES string of the molecule is CCCCC(C)=Nc1c(N)nc2cc(CCCC)ccc2c1C. The van der Waals surface area contributed by atoms with Crippen LogP contribution in [0.1, 0.15) is 64.0 Å². The summed E-state index contributed by atoms with van der Waals surface area (Å²) < 4.78 is 0. The highest BCUT2D eigenvalue weighted by Crippen LogP contribution is 2.32. The molecule has 3 nitrogen and oxygen atoms in total. The fourth-order valence-electron chi connectivity index (χ4n) is 2.85. The predicted octanol–water partition coefficient (Wildman–Crippen LogP) is 5.75. The molecular formula is C20H29N3. The molecule has 0 aliphatic heterocycles. The van der Waals surface area contributed by atoms with Crippen molar-refractivity contribution in [1.29, 1.82) is 0 Å². The van der Waals surface area contributed by atoms with Gasteiger partial charge in [-0.1, -0.05) is 38.8 Å². The van der Waals surface area contributed by atoms with Gasteiger partial charge in [0.05, 0.1) is 5.52 Å². The van der Waals surface area contributed by atoms with Crippen LogP contribution in [0.25, 0.3) is 10.9 Å². The largest absolute Gasteiger partial charge is 0.382 e. The zero-order chi connectivity index (χ0) is 16.8. The molecule has 0 amide bonds. The Morgan fingerprint density at radius 2 is 1.91 bits per heavy atom. The summed E-state index contributed by atoms with van der Waals surface area (Å²) in [4.78, 5) is 9.36. The van der Waals surface area contributed by atoms with E-state index in [0.717, 1.165) is 47.1 Å². The van der Waals surface area contributed by atoms with Crippen molar-refractivity contribution in [3.05, 3.63) is 29.3 Å². The van der Waals surface area contributed by atoms with E-state index >= 15 is 0 Å². The molecule has 0 saturated carbocycles. The van der Waals surface area contributed by atoms with Crippen molar-refractivity contribution in [2.45, 2.75) is 66.2 Å². The molecule has 0 aliphatic rings. The maximum absolute atomic E-state index is 6.20. The van der Waals surface area contributed by atoms with Crippen LogP contribution in [0, 0.1) is 6.92 Å². The van der Waals surface area contributed by atoms with E-state index in [0.29, 0.717) is 5.82 Å². The molecule has 0 aliphatic carbocycles. The number of aryl methyl sites for hydroxylation is 2. The molecule has 3 heteroatoms. The Kier molecular flexibility index (Phi) is 6.14. The topological polar surface area (TPSA) is 51.3 Å². The van der Waals surface area contributed by atoms with Gasteiger partial charge in [0.15, 0.2) is 0 Å². The van der Waals surface area contributed by atoms with Gasteiger partial charge in [0, 0.05) is 11.1 Å². The third-order valence-electron chi connectivity index (χ3n) is 4.32. The minimum Gasteiger partial charge on any atom is -0.382 e. The molecule has 0 fully saturated rings. The molecule has 2 rings (SSSR count). The molecule has 1 heterocycles. The van der Waals surface area contributed by atoms with E-state index in [1.54, 1.807) is 0 Å². The summed E-state index contributed by atoms with van der Waals surface area (Å²) in [5.74, 6) is 0.540. The normalized spacial score (nSPS) is 12.1. The summed E-state index contributed by atoms with van der Waals surface area (Å²) in [6, 6.07) is 6.55. The predicted molar refractivity (Wildman–Crippen MR) is 102 cm³/mol. The smallest absolute Gasteiger partial charge is 0.150 e. The van der Waals surface area contributed by atoms with Crippen molar-refractivity contribution in [3.8, 4) is 0 Å². The third kappa shape index (κ3) is 4.31. The van der Waals surface area contributed by atoms with Crippen LogP contribution in [0.3, 0.4) is 0 Å². The minimum atomic E-state index is 0.540. The van der Waals surface area contributed by atoms with Gasteiger partial charge >= 0.3 is 0 Å². The van der Waals surface area contributed by atoms with Gasteiger partial charge in [0.2, 0.25) is 0 Å². The van der Waals surface area contributed by atoms with E-state index in [2.05, 4.69) is 50.9 Å². The van der Waals surface area contributed by atoms with E-state index in [-0.39, 0.29) is 0 Å². The number of pyridine rings is 1. The number of aliphatic imine (C=N–C) groups is 1. The summed E-state index contributed by atoms with van der Waals surface area (Å²) in [6.45, 7) is 8.58. The minimum absolute atomic E-state index is 0.540. The highest BCUT2D eigenvalue weighted by atomic mass is 14.9. The zero-order valence-corrected chi connectivity index (χ0v) is 14.9. The third-order valence-corrected chi connectivity index (χ3v) is 4.32. The Balaban J connectivity index is 2.41. The van der Waals surface area contributed by atoms with E-state index in [1.165, 1.54) is 24.8 Å². The molecule has 23 heavy (non-hydrogen) atoms. The first-order valence-electron chi connectivity index (χ1n) is 8.79. The number of nitrogen functional groups attached to an aromatic ring is 1. The second-order valence-corrected chi connectivity index (χ2v) is 6.38. The molecule has 0 radical (unpaired) electrons. The van der Waals surface area contributed by atoms with Gasteiger partial charge in [-0.3, -0.25) is 4.99 Å².